The van der Waals surface area contributed by atoms with E-state index in [1.54, 1.807) is 0 Å². The number of rotatable bonds is 7. The van der Waals surface area contributed by atoms with E-state index in [1.165, 1.54) is 18.2 Å². The molecule has 0 saturated carbocycles. The van der Waals surface area contributed by atoms with Gasteiger partial charge in [-0.2, -0.15) is 0 Å². The molecule has 0 fully saturated rings. The van der Waals surface area contributed by atoms with Gasteiger partial charge in [0.2, 0.25) is 10.0 Å². The van der Waals surface area contributed by atoms with Crippen molar-refractivity contribution >= 4 is 27.4 Å². The number of non-ortho nitro benzene ring substituents is 1. The van der Waals surface area contributed by atoms with E-state index in [4.69, 9.17) is 5.73 Å². The maximum Gasteiger partial charge on any atom is 0.270 e. The van der Waals surface area contributed by atoms with Gasteiger partial charge >= 0.3 is 0 Å². The highest BCUT2D eigenvalue weighted by atomic mass is 32.2. The molecule has 0 bridgehead atoms. The summed E-state index contributed by atoms with van der Waals surface area (Å²) in [5.41, 5.74) is 7.31. The number of nitrogens with one attached hydrogen (secondary N) is 2. The van der Waals surface area contributed by atoms with Gasteiger partial charge in [0, 0.05) is 24.4 Å². The average Bonchev–Trinajstić information content (AvgIpc) is 2.59. The van der Waals surface area contributed by atoms with Crippen LogP contribution in [-0.2, 0) is 10.0 Å². The van der Waals surface area contributed by atoms with Crippen LogP contribution in [-0.4, -0.2) is 32.4 Å². The first-order valence-corrected chi connectivity index (χ1v) is 9.14. The number of hydrogen-bond acceptors (Lipinski definition) is 5. The van der Waals surface area contributed by atoms with Crippen LogP contribution in [0.2, 0.25) is 0 Å². The lowest BCUT2D eigenvalue weighted by Crippen LogP contribution is -2.28. The summed E-state index contributed by atoms with van der Waals surface area (Å²) in [6.45, 7) is 2.06. The van der Waals surface area contributed by atoms with Crippen LogP contribution < -0.4 is 15.8 Å². The van der Waals surface area contributed by atoms with Crippen molar-refractivity contribution in [3.8, 4) is 0 Å². The van der Waals surface area contributed by atoms with Crippen molar-refractivity contribution in [2.75, 3.05) is 18.4 Å². The number of nitrogens with zero attached hydrogens (tertiary/aromatic N) is 2. The van der Waals surface area contributed by atoms with E-state index < -0.39 is 14.9 Å². The first-order valence-electron chi connectivity index (χ1n) is 7.66. The quantitative estimate of drug-likeness (QED) is 0.220. The number of nitro benzene ring substituents is 1. The summed E-state index contributed by atoms with van der Waals surface area (Å²) in [5, 5.41) is 13.6. The molecule has 0 aliphatic carbocycles. The number of anilines is 1. The highest BCUT2D eigenvalue weighted by Crippen LogP contribution is 2.16. The molecule has 0 saturated heterocycles. The van der Waals surface area contributed by atoms with Crippen molar-refractivity contribution in [1.82, 2.24) is 4.72 Å². The summed E-state index contributed by atoms with van der Waals surface area (Å²) in [5.74, 6) is 0.158. The van der Waals surface area contributed by atoms with E-state index in [9.17, 15) is 18.5 Å². The molecular weight excluding hydrogens is 358 g/mol. The van der Waals surface area contributed by atoms with Gasteiger partial charge in [-0.3, -0.25) is 15.1 Å². The van der Waals surface area contributed by atoms with Crippen LogP contribution in [0.3, 0.4) is 0 Å². The summed E-state index contributed by atoms with van der Waals surface area (Å²) < 4.78 is 26.6. The summed E-state index contributed by atoms with van der Waals surface area (Å²) in [6, 6.07) is 12.4. The number of aliphatic imine (C=N–C) groups is 1. The molecule has 0 aliphatic rings. The van der Waals surface area contributed by atoms with Gasteiger partial charge in [-0.15, -0.1) is 0 Å². The van der Waals surface area contributed by atoms with Crippen molar-refractivity contribution in [3.63, 3.8) is 0 Å². The maximum atomic E-state index is 12.2. The van der Waals surface area contributed by atoms with Gasteiger partial charge in [0.15, 0.2) is 5.96 Å². The molecule has 0 heterocycles. The van der Waals surface area contributed by atoms with Crippen LogP contribution in [0, 0.1) is 17.0 Å². The topological polar surface area (TPSA) is 140 Å². The van der Waals surface area contributed by atoms with Crippen molar-refractivity contribution in [2.45, 2.75) is 11.8 Å². The van der Waals surface area contributed by atoms with Gasteiger partial charge in [-0.1, -0.05) is 18.2 Å². The fourth-order valence-corrected chi connectivity index (χ4v) is 3.17. The Morgan fingerprint density at radius 3 is 2.65 bits per heavy atom. The second-order valence-corrected chi connectivity index (χ2v) is 7.18. The third kappa shape index (κ3) is 5.53. The van der Waals surface area contributed by atoms with Crippen LogP contribution in [0.1, 0.15) is 5.56 Å². The van der Waals surface area contributed by atoms with Crippen LogP contribution >= 0.6 is 0 Å². The van der Waals surface area contributed by atoms with E-state index in [-0.39, 0.29) is 29.6 Å². The second-order valence-electron chi connectivity index (χ2n) is 5.41. The fourth-order valence-electron chi connectivity index (χ4n) is 2.11. The van der Waals surface area contributed by atoms with Gasteiger partial charge in [0.1, 0.15) is 0 Å². The van der Waals surface area contributed by atoms with Crippen molar-refractivity contribution in [1.29, 1.82) is 0 Å². The van der Waals surface area contributed by atoms with Crippen LogP contribution in [0.4, 0.5) is 11.4 Å². The molecule has 10 heteroatoms. The molecular formula is C16H19N5O4S. The van der Waals surface area contributed by atoms with E-state index in [2.05, 4.69) is 15.0 Å². The Morgan fingerprint density at radius 2 is 1.96 bits per heavy atom. The highest BCUT2D eigenvalue weighted by molar-refractivity contribution is 7.89. The van der Waals surface area contributed by atoms with Crippen LogP contribution in [0.5, 0.6) is 0 Å². The number of sulfonamides is 1. The molecule has 138 valence electrons. The maximum absolute atomic E-state index is 12.2. The summed E-state index contributed by atoms with van der Waals surface area (Å²) in [7, 11) is -3.86. The Hall–Kier alpha value is -2.98. The lowest BCUT2D eigenvalue weighted by molar-refractivity contribution is -0.385. The van der Waals surface area contributed by atoms with Gasteiger partial charge in [-0.25, -0.2) is 13.1 Å². The molecule has 4 N–H and O–H groups in total. The zero-order valence-corrected chi connectivity index (χ0v) is 14.9. The van der Waals surface area contributed by atoms with Gasteiger partial charge in [-0.05, 0) is 30.7 Å². The van der Waals surface area contributed by atoms with Gasteiger partial charge < -0.3 is 11.1 Å². The van der Waals surface area contributed by atoms with Crippen molar-refractivity contribution in [3.05, 3.63) is 64.2 Å². The minimum atomic E-state index is -3.86. The fraction of sp³-hybridized carbons (Fsp3) is 0.188. The molecule has 9 nitrogen and oxygen atoms in total. The zero-order chi connectivity index (χ0) is 19.2. The van der Waals surface area contributed by atoms with Crippen molar-refractivity contribution < 1.29 is 13.3 Å². The molecule has 2 aromatic rings. The largest absolute Gasteiger partial charge is 0.370 e. The number of nitro groups is 1. The summed E-state index contributed by atoms with van der Waals surface area (Å²) in [4.78, 5) is 13.9. The summed E-state index contributed by atoms with van der Waals surface area (Å²) >= 11 is 0. The Bertz CT molecular complexity index is 928. The lowest BCUT2D eigenvalue weighted by Gasteiger charge is -2.07. The third-order valence-electron chi connectivity index (χ3n) is 3.32. The Morgan fingerprint density at radius 1 is 1.23 bits per heavy atom. The molecule has 0 spiro atoms. The molecule has 26 heavy (non-hydrogen) atoms. The summed E-state index contributed by atoms with van der Waals surface area (Å²) in [6.07, 6.45) is 0. The Labute approximate surface area is 151 Å². The molecule has 0 radical (unpaired) electrons. The van der Waals surface area contributed by atoms with Crippen LogP contribution in [0.15, 0.2) is 58.4 Å². The monoisotopic (exact) mass is 377 g/mol. The van der Waals surface area contributed by atoms with Crippen LogP contribution in [0.25, 0.3) is 0 Å². The number of benzene rings is 2. The average molecular weight is 377 g/mol. The van der Waals surface area contributed by atoms with E-state index in [0.717, 1.165) is 17.3 Å². The molecule has 0 atom stereocenters. The normalized spacial score (nSPS) is 12.0. The van der Waals surface area contributed by atoms with E-state index >= 15 is 0 Å². The second kappa shape index (κ2) is 8.41. The Balaban J connectivity index is 1.91. The number of guanidine groups is 1. The molecule has 2 rings (SSSR count). The number of aryl methyl sites for hydroxylation is 1. The molecule has 0 unspecified atom stereocenters. The van der Waals surface area contributed by atoms with Crippen molar-refractivity contribution in [2.24, 2.45) is 10.7 Å². The van der Waals surface area contributed by atoms with E-state index in [1.807, 2.05) is 31.2 Å². The minimum Gasteiger partial charge on any atom is -0.370 e. The van der Waals surface area contributed by atoms with Gasteiger partial charge in [0.05, 0.1) is 16.4 Å². The first-order chi connectivity index (χ1) is 12.3. The lowest BCUT2D eigenvalue weighted by atomic mass is 10.2. The van der Waals surface area contributed by atoms with E-state index in [0.29, 0.717) is 0 Å². The molecule has 0 aliphatic heterocycles. The number of nitrogens with two attached hydrogens (primary N) is 1. The smallest absolute Gasteiger partial charge is 0.270 e. The third-order valence-corrected chi connectivity index (χ3v) is 4.77. The molecule has 2 aromatic carbocycles. The molecule has 0 amide bonds. The standard InChI is InChI=1S/C16H19N5O4S/c1-12-4-2-5-13(10-12)20-16(17)18-8-9-19-26(24,25)15-7-3-6-14(11-15)21(22)23/h2-7,10-11,19H,8-9H2,1H3,(H3,17,18,20). The zero-order valence-electron chi connectivity index (χ0n) is 14.0. The minimum absolute atomic E-state index is 0.00121. The SMILES string of the molecule is Cc1cccc(NC(N)=NCCNS(=O)(=O)c2cccc([N+](=O)[O-])c2)c1. The number of hydrogen-bond donors (Lipinski definition) is 3. The predicted molar refractivity (Wildman–Crippen MR) is 99.6 cm³/mol. The van der Waals surface area contributed by atoms with Gasteiger partial charge in [0.25, 0.3) is 5.69 Å². The first kappa shape index (κ1) is 19.3. The predicted octanol–water partition coefficient (Wildman–Crippen LogP) is 1.61. The Kier molecular flexibility index (Phi) is 6.26. The molecule has 0 aromatic heterocycles. The highest BCUT2D eigenvalue weighted by Gasteiger charge is 2.16.